The Labute approximate surface area is 99.9 Å². The van der Waals surface area contributed by atoms with Gasteiger partial charge in [-0.05, 0) is 18.4 Å². The molecule has 1 fully saturated rings. The van der Waals surface area contributed by atoms with Crippen LogP contribution >= 0.6 is 11.8 Å². The van der Waals surface area contributed by atoms with Crippen LogP contribution in [-0.2, 0) is 9.53 Å². The maximum absolute atomic E-state index is 11.9. The lowest BCUT2D eigenvalue weighted by molar-refractivity contribution is -0.138. The number of nitriles is 1. The van der Waals surface area contributed by atoms with Crippen molar-refractivity contribution in [1.29, 1.82) is 5.26 Å². The van der Waals surface area contributed by atoms with Crippen molar-refractivity contribution in [3.05, 3.63) is 0 Å². The average molecular weight is 243 g/mol. The second-order valence-electron chi connectivity index (χ2n) is 3.66. The molecule has 0 radical (unpaired) electrons. The van der Waals surface area contributed by atoms with Gasteiger partial charge in [0.15, 0.2) is 6.10 Å². The van der Waals surface area contributed by atoms with E-state index >= 15 is 0 Å². The lowest BCUT2D eigenvalue weighted by Gasteiger charge is -2.31. The molecule has 0 saturated carbocycles. The van der Waals surface area contributed by atoms with E-state index in [2.05, 4.69) is 0 Å². The first-order valence-corrected chi connectivity index (χ1v) is 6.63. The molecule has 1 saturated heterocycles. The van der Waals surface area contributed by atoms with Gasteiger partial charge in [0.2, 0.25) is 5.91 Å². The van der Waals surface area contributed by atoms with Crippen LogP contribution in [0.25, 0.3) is 0 Å². The van der Waals surface area contributed by atoms with Crippen molar-refractivity contribution in [3.8, 4) is 6.07 Å². The van der Waals surface area contributed by atoms with Crippen molar-refractivity contribution in [2.75, 3.05) is 31.7 Å². The molecule has 5 nitrogen and oxygen atoms in total. The van der Waals surface area contributed by atoms with Gasteiger partial charge >= 0.3 is 0 Å². The van der Waals surface area contributed by atoms with E-state index in [1.807, 2.05) is 12.3 Å². The average Bonchev–Trinajstić information content (AvgIpc) is 2.35. The van der Waals surface area contributed by atoms with Gasteiger partial charge in [0, 0.05) is 6.54 Å². The number of amides is 1. The normalized spacial score (nSPS) is 22.6. The molecule has 16 heavy (non-hydrogen) atoms. The number of thioether (sulfide) groups is 1. The van der Waals surface area contributed by atoms with Crippen molar-refractivity contribution in [3.63, 3.8) is 0 Å². The van der Waals surface area contributed by atoms with Gasteiger partial charge in [-0.15, -0.1) is 0 Å². The van der Waals surface area contributed by atoms with Crippen LogP contribution < -0.4 is 5.73 Å². The highest BCUT2D eigenvalue weighted by Gasteiger charge is 2.27. The van der Waals surface area contributed by atoms with E-state index in [-0.39, 0.29) is 5.91 Å². The minimum Gasteiger partial charge on any atom is -0.360 e. The Morgan fingerprint density at radius 2 is 2.56 bits per heavy atom. The van der Waals surface area contributed by atoms with Crippen molar-refractivity contribution in [2.24, 2.45) is 5.73 Å². The second kappa shape index (κ2) is 6.74. The van der Waals surface area contributed by atoms with E-state index < -0.39 is 12.1 Å². The number of ether oxygens (including phenoxy) is 1. The number of carbonyl (C=O) groups is 1. The summed E-state index contributed by atoms with van der Waals surface area (Å²) in [6, 6.07) is 1.56. The van der Waals surface area contributed by atoms with Crippen LogP contribution in [0.3, 0.4) is 0 Å². The van der Waals surface area contributed by atoms with Crippen LogP contribution in [0, 0.1) is 11.3 Å². The summed E-state index contributed by atoms with van der Waals surface area (Å²) in [5, 5.41) is 8.72. The van der Waals surface area contributed by atoms with E-state index in [1.54, 1.807) is 16.7 Å². The highest BCUT2D eigenvalue weighted by molar-refractivity contribution is 7.98. The summed E-state index contributed by atoms with van der Waals surface area (Å²) in [4.78, 5) is 13.5. The third-order valence-electron chi connectivity index (χ3n) is 2.47. The monoisotopic (exact) mass is 243 g/mol. The van der Waals surface area contributed by atoms with Gasteiger partial charge in [-0.1, -0.05) is 0 Å². The molecule has 0 aromatic carbocycles. The van der Waals surface area contributed by atoms with Crippen LogP contribution in [0.15, 0.2) is 0 Å². The Hall–Kier alpha value is -0.770. The number of morpholine rings is 1. The standard InChI is InChI=1S/C10H17N3O2S/c1-16-5-2-9(12)10(14)13-3-4-15-8(6-11)7-13/h8-9H,2-5,7,12H2,1H3/t8?,9-/m0/s1. The summed E-state index contributed by atoms with van der Waals surface area (Å²) in [5.74, 6) is 0.802. The summed E-state index contributed by atoms with van der Waals surface area (Å²) in [7, 11) is 0. The minimum atomic E-state index is -0.509. The van der Waals surface area contributed by atoms with E-state index in [1.165, 1.54) is 0 Å². The Bertz CT molecular complexity index is 280. The lowest BCUT2D eigenvalue weighted by atomic mass is 10.2. The van der Waals surface area contributed by atoms with Gasteiger partial charge in [-0.3, -0.25) is 4.79 Å². The van der Waals surface area contributed by atoms with Crippen molar-refractivity contribution in [2.45, 2.75) is 18.6 Å². The first-order chi connectivity index (χ1) is 7.69. The molecule has 2 atom stereocenters. The number of hydrogen-bond donors (Lipinski definition) is 1. The maximum atomic E-state index is 11.9. The summed E-state index contributed by atoms with van der Waals surface area (Å²) in [5.41, 5.74) is 5.79. The van der Waals surface area contributed by atoms with Gasteiger partial charge in [-0.25, -0.2) is 0 Å². The molecule has 0 aromatic rings. The van der Waals surface area contributed by atoms with Gasteiger partial charge in [0.1, 0.15) is 0 Å². The largest absolute Gasteiger partial charge is 0.360 e. The fraction of sp³-hybridized carbons (Fsp3) is 0.800. The zero-order chi connectivity index (χ0) is 12.0. The van der Waals surface area contributed by atoms with Gasteiger partial charge < -0.3 is 15.4 Å². The van der Waals surface area contributed by atoms with Crippen LogP contribution in [0.2, 0.25) is 0 Å². The topological polar surface area (TPSA) is 79.3 Å². The molecule has 1 unspecified atom stereocenters. The van der Waals surface area contributed by atoms with Crippen molar-refractivity contribution >= 4 is 17.7 Å². The van der Waals surface area contributed by atoms with E-state index in [0.29, 0.717) is 26.1 Å². The Kier molecular flexibility index (Phi) is 5.60. The maximum Gasteiger partial charge on any atom is 0.239 e. The zero-order valence-electron chi connectivity index (χ0n) is 9.39. The van der Waals surface area contributed by atoms with Gasteiger partial charge in [0.05, 0.1) is 25.3 Å². The van der Waals surface area contributed by atoms with Gasteiger partial charge in [-0.2, -0.15) is 17.0 Å². The molecule has 1 amide bonds. The van der Waals surface area contributed by atoms with E-state index in [4.69, 9.17) is 15.7 Å². The summed E-state index contributed by atoms with van der Waals surface area (Å²) in [6.07, 6.45) is 2.15. The molecule has 0 bridgehead atoms. The third kappa shape index (κ3) is 3.67. The number of nitrogens with zero attached hydrogens (tertiary/aromatic N) is 2. The van der Waals surface area contributed by atoms with E-state index in [9.17, 15) is 4.79 Å². The second-order valence-corrected chi connectivity index (χ2v) is 4.65. The first kappa shape index (κ1) is 13.3. The van der Waals surface area contributed by atoms with Crippen molar-refractivity contribution in [1.82, 2.24) is 4.90 Å². The van der Waals surface area contributed by atoms with Gasteiger partial charge in [0.25, 0.3) is 0 Å². The first-order valence-electron chi connectivity index (χ1n) is 5.23. The predicted molar refractivity (Wildman–Crippen MR) is 62.9 cm³/mol. The fourth-order valence-corrected chi connectivity index (χ4v) is 2.02. The molecule has 0 aromatic heterocycles. The third-order valence-corrected chi connectivity index (χ3v) is 3.12. The molecular formula is C10H17N3O2S. The number of hydrogen-bond acceptors (Lipinski definition) is 5. The molecule has 1 aliphatic heterocycles. The highest BCUT2D eigenvalue weighted by Crippen LogP contribution is 2.08. The zero-order valence-corrected chi connectivity index (χ0v) is 10.2. The Morgan fingerprint density at radius 3 is 3.19 bits per heavy atom. The highest BCUT2D eigenvalue weighted by atomic mass is 32.2. The number of rotatable bonds is 4. The summed E-state index contributed by atoms with van der Waals surface area (Å²) in [6.45, 7) is 1.28. The molecule has 90 valence electrons. The van der Waals surface area contributed by atoms with Crippen LogP contribution in [-0.4, -0.2) is 54.7 Å². The predicted octanol–water partition coefficient (Wildman–Crippen LogP) is -0.182. The molecule has 0 aliphatic carbocycles. The quantitative estimate of drug-likeness (QED) is 0.741. The lowest BCUT2D eigenvalue weighted by Crippen LogP contribution is -2.51. The molecular weight excluding hydrogens is 226 g/mol. The van der Waals surface area contributed by atoms with Crippen LogP contribution in [0.4, 0.5) is 0 Å². The number of nitrogens with two attached hydrogens (primary N) is 1. The molecule has 2 N–H and O–H groups in total. The SMILES string of the molecule is CSCC[C@H](N)C(=O)N1CCOC(C#N)C1. The minimum absolute atomic E-state index is 0.0717. The molecule has 0 spiro atoms. The smallest absolute Gasteiger partial charge is 0.239 e. The molecule has 1 aliphatic rings. The fourth-order valence-electron chi connectivity index (χ4n) is 1.53. The Morgan fingerprint density at radius 1 is 1.81 bits per heavy atom. The van der Waals surface area contributed by atoms with E-state index in [0.717, 1.165) is 5.75 Å². The van der Waals surface area contributed by atoms with Crippen LogP contribution in [0.1, 0.15) is 6.42 Å². The van der Waals surface area contributed by atoms with Crippen molar-refractivity contribution < 1.29 is 9.53 Å². The Balaban J connectivity index is 2.43. The molecule has 6 heteroatoms. The van der Waals surface area contributed by atoms with Crippen LogP contribution in [0.5, 0.6) is 0 Å². The molecule has 1 heterocycles. The number of carbonyl (C=O) groups excluding carboxylic acids is 1. The molecule has 1 rings (SSSR count). The summed E-state index contributed by atoms with van der Waals surface area (Å²) >= 11 is 1.67. The summed E-state index contributed by atoms with van der Waals surface area (Å²) < 4.78 is 5.17.